The lowest BCUT2D eigenvalue weighted by atomic mass is 10.4. The van der Waals surface area contributed by atoms with Crippen molar-refractivity contribution in [2.45, 2.75) is 45.6 Å². The molecule has 0 bridgehead atoms. The monoisotopic (exact) mass is 304 g/mol. The maximum Gasteiger partial charge on any atom is 0.333 e. The number of rotatable bonds is 9. The number of carbonyl (C=O) groups is 1. The Balaban J connectivity index is 3.56. The molecular formula is C11H24O4Si3. The SMILES string of the molecule is C=C(C)C(=O)OCCC[Si]O[Si](C)(C)O[SiH](C)C. The molecular weight excluding hydrogens is 280 g/mol. The van der Waals surface area contributed by atoms with Gasteiger partial charge in [-0.1, -0.05) is 6.58 Å². The van der Waals surface area contributed by atoms with E-state index in [4.69, 9.17) is 13.0 Å². The molecule has 4 nitrogen and oxygen atoms in total. The van der Waals surface area contributed by atoms with E-state index in [9.17, 15) is 4.79 Å². The minimum absolute atomic E-state index is 0.317. The predicted octanol–water partition coefficient (Wildman–Crippen LogP) is 2.25. The first-order valence-electron chi connectivity index (χ1n) is 6.16. The van der Waals surface area contributed by atoms with E-state index in [-0.39, 0.29) is 5.97 Å². The van der Waals surface area contributed by atoms with Crippen molar-refractivity contribution < 1.29 is 17.8 Å². The predicted molar refractivity (Wildman–Crippen MR) is 79.5 cm³/mol. The van der Waals surface area contributed by atoms with Crippen molar-refractivity contribution in [3.63, 3.8) is 0 Å². The summed E-state index contributed by atoms with van der Waals surface area (Å²) in [6, 6.07) is 0.906. The Morgan fingerprint density at radius 1 is 1.39 bits per heavy atom. The van der Waals surface area contributed by atoms with Gasteiger partial charge in [0.2, 0.25) is 9.76 Å². The van der Waals surface area contributed by atoms with Gasteiger partial charge in [0.25, 0.3) is 0 Å². The molecule has 0 spiro atoms. The zero-order valence-corrected chi connectivity index (χ0v) is 15.2. The van der Waals surface area contributed by atoms with Gasteiger partial charge >= 0.3 is 14.5 Å². The summed E-state index contributed by atoms with van der Waals surface area (Å²) in [7, 11) is -2.51. The molecule has 104 valence electrons. The van der Waals surface area contributed by atoms with E-state index in [1.807, 2.05) is 0 Å². The van der Waals surface area contributed by atoms with E-state index >= 15 is 0 Å². The molecule has 0 fully saturated rings. The van der Waals surface area contributed by atoms with Gasteiger partial charge in [-0.15, -0.1) is 0 Å². The van der Waals surface area contributed by atoms with Crippen molar-refractivity contribution in [2.24, 2.45) is 0 Å². The van der Waals surface area contributed by atoms with Crippen LogP contribution in [0.15, 0.2) is 12.2 Å². The van der Waals surface area contributed by atoms with Gasteiger partial charge in [0.1, 0.15) is 0 Å². The second-order valence-electron chi connectivity index (χ2n) is 4.83. The van der Waals surface area contributed by atoms with Crippen molar-refractivity contribution in [1.82, 2.24) is 0 Å². The van der Waals surface area contributed by atoms with Gasteiger partial charge in [0.15, 0.2) is 9.04 Å². The van der Waals surface area contributed by atoms with Crippen LogP contribution in [0, 0.1) is 0 Å². The molecule has 0 aliphatic carbocycles. The molecule has 0 aliphatic heterocycles. The zero-order valence-electron chi connectivity index (χ0n) is 12.0. The fraction of sp³-hybridized carbons (Fsp3) is 0.727. The standard InChI is InChI=1S/C11H24O4Si3/c1-10(2)11(12)13-8-7-9-16-14-18(5,6)15-17(3)4/h17H,1,7-9H2,2-6H3. The highest BCUT2D eigenvalue weighted by atomic mass is 28.4. The number of esters is 1. The topological polar surface area (TPSA) is 44.8 Å². The maximum atomic E-state index is 11.1. The smallest absolute Gasteiger partial charge is 0.333 e. The number of hydrogen-bond acceptors (Lipinski definition) is 4. The Morgan fingerprint density at radius 3 is 2.50 bits per heavy atom. The van der Waals surface area contributed by atoms with Gasteiger partial charge in [-0.05, 0) is 45.6 Å². The van der Waals surface area contributed by atoms with E-state index in [1.165, 1.54) is 0 Å². The Labute approximate surface area is 116 Å². The van der Waals surface area contributed by atoms with Gasteiger partial charge in [0, 0.05) is 5.57 Å². The van der Waals surface area contributed by atoms with E-state index in [0.717, 1.165) is 12.5 Å². The van der Waals surface area contributed by atoms with Gasteiger partial charge in [-0.3, -0.25) is 0 Å². The van der Waals surface area contributed by atoms with Crippen LogP contribution in [0.2, 0.25) is 32.2 Å². The molecule has 0 aromatic heterocycles. The van der Waals surface area contributed by atoms with Crippen molar-refractivity contribution in [3.05, 3.63) is 12.2 Å². The van der Waals surface area contributed by atoms with Crippen LogP contribution in [-0.2, 0) is 17.8 Å². The van der Waals surface area contributed by atoms with Crippen LogP contribution in [0.3, 0.4) is 0 Å². The summed E-state index contributed by atoms with van der Waals surface area (Å²) >= 11 is 0. The average molecular weight is 305 g/mol. The maximum absolute atomic E-state index is 11.1. The molecule has 0 aliphatic rings. The van der Waals surface area contributed by atoms with Crippen LogP contribution in [0.4, 0.5) is 0 Å². The molecule has 18 heavy (non-hydrogen) atoms. The molecule has 0 aromatic rings. The quantitative estimate of drug-likeness (QED) is 0.284. The summed E-state index contributed by atoms with van der Waals surface area (Å²) in [5.41, 5.74) is 0.442. The molecule has 0 saturated heterocycles. The van der Waals surface area contributed by atoms with Crippen LogP contribution in [-0.4, -0.2) is 39.9 Å². The molecule has 0 saturated carbocycles. The molecule has 0 rings (SSSR count). The summed E-state index contributed by atoms with van der Waals surface area (Å²) in [5.74, 6) is -0.317. The molecule has 0 atom stereocenters. The summed E-state index contributed by atoms with van der Waals surface area (Å²) in [5, 5.41) is 0. The highest BCUT2D eigenvalue weighted by molar-refractivity contribution is 6.75. The largest absolute Gasteiger partial charge is 0.462 e. The highest BCUT2D eigenvalue weighted by Gasteiger charge is 2.25. The molecule has 0 heterocycles. The van der Waals surface area contributed by atoms with Gasteiger partial charge in [0.05, 0.1) is 6.61 Å². The first-order chi connectivity index (χ1) is 8.24. The van der Waals surface area contributed by atoms with Crippen molar-refractivity contribution in [1.29, 1.82) is 0 Å². The summed E-state index contributed by atoms with van der Waals surface area (Å²) in [6.07, 6.45) is 0.820. The van der Waals surface area contributed by atoms with Crippen LogP contribution < -0.4 is 0 Å². The van der Waals surface area contributed by atoms with E-state index in [2.05, 4.69) is 32.8 Å². The molecule has 7 heteroatoms. The summed E-state index contributed by atoms with van der Waals surface area (Å²) < 4.78 is 16.7. The Kier molecular flexibility index (Phi) is 8.70. The summed E-state index contributed by atoms with van der Waals surface area (Å²) in [6.45, 7) is 14.1. The number of hydrogen-bond donors (Lipinski definition) is 0. The third-order valence-corrected chi connectivity index (χ3v) is 9.10. The van der Waals surface area contributed by atoms with Crippen LogP contribution in [0.5, 0.6) is 0 Å². The third-order valence-electron chi connectivity index (χ3n) is 1.84. The Hall–Kier alpha value is -0.219. The first-order valence-corrected chi connectivity index (χ1v) is 12.9. The molecule has 2 radical (unpaired) electrons. The third kappa shape index (κ3) is 9.77. The van der Waals surface area contributed by atoms with Crippen molar-refractivity contribution in [3.8, 4) is 0 Å². The number of ether oxygens (including phenoxy) is 1. The van der Waals surface area contributed by atoms with E-state index in [1.54, 1.807) is 6.92 Å². The minimum Gasteiger partial charge on any atom is -0.462 e. The second kappa shape index (κ2) is 8.81. The minimum atomic E-state index is -1.91. The van der Waals surface area contributed by atoms with Crippen molar-refractivity contribution in [2.75, 3.05) is 6.61 Å². The zero-order chi connectivity index (χ0) is 14.2. The van der Waals surface area contributed by atoms with Gasteiger partial charge < -0.3 is 13.0 Å². The average Bonchev–Trinajstić information content (AvgIpc) is 2.20. The fourth-order valence-electron chi connectivity index (χ4n) is 1.25. The number of carbonyl (C=O) groups excluding carboxylic acids is 1. The summed E-state index contributed by atoms with van der Waals surface area (Å²) in [4.78, 5) is 11.1. The fourth-order valence-corrected chi connectivity index (χ4v) is 8.50. The van der Waals surface area contributed by atoms with Crippen LogP contribution in [0.1, 0.15) is 13.3 Å². The molecule has 0 N–H and O–H groups in total. The molecule has 0 aromatic carbocycles. The van der Waals surface area contributed by atoms with E-state index in [0.29, 0.717) is 21.9 Å². The van der Waals surface area contributed by atoms with E-state index < -0.39 is 17.6 Å². The van der Waals surface area contributed by atoms with Crippen molar-refractivity contribution >= 4 is 33.3 Å². The Morgan fingerprint density at radius 2 is 2.00 bits per heavy atom. The van der Waals surface area contributed by atoms with Gasteiger partial charge in [-0.2, -0.15) is 0 Å². The first kappa shape index (κ1) is 17.8. The molecule has 0 amide bonds. The van der Waals surface area contributed by atoms with Crippen LogP contribution in [0.25, 0.3) is 0 Å². The normalized spacial score (nSPS) is 11.7. The lowest BCUT2D eigenvalue weighted by Gasteiger charge is -2.25. The highest BCUT2D eigenvalue weighted by Crippen LogP contribution is 2.08. The van der Waals surface area contributed by atoms with Crippen LogP contribution >= 0.6 is 0 Å². The van der Waals surface area contributed by atoms with Gasteiger partial charge in [-0.25, -0.2) is 4.79 Å². The second-order valence-corrected chi connectivity index (χ2v) is 12.3. The molecule has 0 unspecified atom stereocenters. The lowest BCUT2D eigenvalue weighted by molar-refractivity contribution is -0.138. The lowest BCUT2D eigenvalue weighted by Crippen LogP contribution is -2.40. The Bertz CT molecular complexity index is 279.